The quantitative estimate of drug-likeness (QED) is 0.627. The number of rotatable bonds is 3. The van der Waals surface area contributed by atoms with Crippen molar-refractivity contribution in [2.24, 2.45) is 0 Å². The van der Waals surface area contributed by atoms with Crippen molar-refractivity contribution in [1.29, 1.82) is 0 Å². The second-order valence-electron chi connectivity index (χ2n) is 3.91. The van der Waals surface area contributed by atoms with E-state index in [0.717, 1.165) is 0 Å². The Morgan fingerprint density at radius 2 is 1.95 bits per heavy atom. The van der Waals surface area contributed by atoms with Crippen LogP contribution in [0.25, 0.3) is 11.0 Å². The monoisotopic (exact) mass is 276 g/mol. The van der Waals surface area contributed by atoms with Crippen LogP contribution in [0, 0.1) is 0 Å². The van der Waals surface area contributed by atoms with Crippen molar-refractivity contribution in [1.82, 2.24) is 0 Å². The molecule has 2 rings (SSSR count). The lowest BCUT2D eigenvalue weighted by atomic mass is 10.1. The third kappa shape index (κ3) is 2.54. The van der Waals surface area contributed by atoms with Crippen molar-refractivity contribution in [2.75, 3.05) is 13.7 Å². The SMILES string of the molecule is CCOC(=O)c1ccc2oc(=O)c(C(=O)OC)cc2c1. The Morgan fingerprint density at radius 3 is 2.60 bits per heavy atom. The van der Waals surface area contributed by atoms with E-state index in [1.807, 2.05) is 0 Å². The van der Waals surface area contributed by atoms with Crippen LogP contribution in [0.5, 0.6) is 0 Å². The molecule has 2 aromatic rings. The minimum atomic E-state index is -0.790. The van der Waals surface area contributed by atoms with Crippen molar-refractivity contribution in [3.05, 3.63) is 45.8 Å². The third-order valence-electron chi connectivity index (χ3n) is 2.65. The Hall–Kier alpha value is -2.63. The molecule has 0 unspecified atom stereocenters. The first-order chi connectivity index (χ1) is 9.56. The minimum Gasteiger partial charge on any atom is -0.465 e. The normalized spacial score (nSPS) is 10.3. The van der Waals surface area contributed by atoms with Gasteiger partial charge in [0.25, 0.3) is 0 Å². The van der Waals surface area contributed by atoms with Crippen molar-refractivity contribution >= 4 is 22.9 Å². The Kier molecular flexibility index (Phi) is 3.84. The molecular weight excluding hydrogens is 264 g/mol. The summed E-state index contributed by atoms with van der Waals surface area (Å²) in [6.45, 7) is 1.96. The van der Waals surface area contributed by atoms with Gasteiger partial charge >= 0.3 is 17.6 Å². The van der Waals surface area contributed by atoms with Gasteiger partial charge in [-0.05, 0) is 31.2 Å². The van der Waals surface area contributed by atoms with Gasteiger partial charge in [0.1, 0.15) is 11.1 Å². The van der Waals surface area contributed by atoms with Gasteiger partial charge < -0.3 is 13.9 Å². The first-order valence-corrected chi connectivity index (χ1v) is 5.90. The lowest BCUT2D eigenvalue weighted by Gasteiger charge is -2.04. The van der Waals surface area contributed by atoms with Crippen molar-refractivity contribution in [2.45, 2.75) is 6.92 Å². The smallest absolute Gasteiger partial charge is 0.351 e. The molecule has 20 heavy (non-hydrogen) atoms. The van der Waals surface area contributed by atoms with E-state index in [9.17, 15) is 14.4 Å². The van der Waals surface area contributed by atoms with Gasteiger partial charge in [0.15, 0.2) is 0 Å². The summed E-state index contributed by atoms with van der Waals surface area (Å²) in [7, 11) is 1.17. The molecule has 1 aromatic heterocycles. The zero-order valence-corrected chi connectivity index (χ0v) is 11.0. The summed E-state index contributed by atoms with van der Waals surface area (Å²) in [5.74, 6) is -1.28. The van der Waals surface area contributed by atoms with Crippen LogP contribution in [-0.4, -0.2) is 25.7 Å². The summed E-state index contributed by atoms with van der Waals surface area (Å²) >= 11 is 0. The highest BCUT2D eigenvalue weighted by Crippen LogP contribution is 2.17. The fourth-order valence-electron chi connectivity index (χ4n) is 1.72. The predicted octanol–water partition coefficient (Wildman–Crippen LogP) is 1.76. The van der Waals surface area contributed by atoms with E-state index in [-0.39, 0.29) is 17.8 Å². The van der Waals surface area contributed by atoms with Crippen LogP contribution in [0.2, 0.25) is 0 Å². The van der Waals surface area contributed by atoms with Gasteiger partial charge in [-0.15, -0.1) is 0 Å². The minimum absolute atomic E-state index is 0.221. The Morgan fingerprint density at radius 1 is 1.20 bits per heavy atom. The first kappa shape index (κ1) is 13.8. The number of carbonyl (C=O) groups excluding carboxylic acids is 2. The summed E-state index contributed by atoms with van der Waals surface area (Å²) in [5, 5.41) is 0.440. The molecule has 0 amide bonds. The summed E-state index contributed by atoms with van der Waals surface area (Å²) in [4.78, 5) is 34.6. The molecule has 0 spiro atoms. The van der Waals surface area contributed by atoms with Crippen LogP contribution in [0.15, 0.2) is 33.5 Å². The number of benzene rings is 1. The van der Waals surface area contributed by atoms with Crippen LogP contribution in [0.3, 0.4) is 0 Å². The molecule has 6 heteroatoms. The number of hydrogen-bond donors (Lipinski definition) is 0. The van der Waals surface area contributed by atoms with Gasteiger partial charge in [-0.1, -0.05) is 0 Å². The van der Waals surface area contributed by atoms with Gasteiger partial charge in [-0.3, -0.25) is 0 Å². The fraction of sp³-hybridized carbons (Fsp3) is 0.214. The number of esters is 2. The number of carbonyl (C=O) groups is 2. The molecule has 0 aliphatic rings. The Balaban J connectivity index is 2.56. The van der Waals surface area contributed by atoms with Crippen molar-refractivity contribution in [3.8, 4) is 0 Å². The zero-order valence-electron chi connectivity index (χ0n) is 11.0. The molecule has 0 N–H and O–H groups in total. The highest BCUT2D eigenvalue weighted by Gasteiger charge is 2.15. The largest absolute Gasteiger partial charge is 0.465 e. The van der Waals surface area contributed by atoms with Gasteiger partial charge in [-0.25, -0.2) is 14.4 Å². The van der Waals surface area contributed by atoms with E-state index in [1.54, 1.807) is 6.92 Å². The average molecular weight is 276 g/mol. The predicted molar refractivity (Wildman–Crippen MR) is 69.8 cm³/mol. The molecule has 1 aromatic carbocycles. The second kappa shape index (κ2) is 5.56. The summed E-state index contributed by atoms with van der Waals surface area (Å²) in [6, 6.07) is 5.78. The molecule has 0 saturated heterocycles. The molecule has 0 saturated carbocycles. The Bertz CT molecular complexity index is 728. The van der Waals surface area contributed by atoms with E-state index >= 15 is 0 Å². The van der Waals surface area contributed by atoms with E-state index in [1.165, 1.54) is 31.4 Å². The summed E-state index contributed by atoms with van der Waals surface area (Å²) in [6.07, 6.45) is 0. The molecular formula is C14H12O6. The van der Waals surface area contributed by atoms with Gasteiger partial charge in [0.2, 0.25) is 0 Å². The number of ether oxygens (including phenoxy) is 2. The molecule has 0 radical (unpaired) electrons. The zero-order chi connectivity index (χ0) is 14.7. The molecule has 104 valence electrons. The highest BCUT2D eigenvalue weighted by atomic mass is 16.5. The van der Waals surface area contributed by atoms with Gasteiger partial charge in [0.05, 0.1) is 19.3 Å². The molecule has 0 aliphatic carbocycles. The highest BCUT2D eigenvalue weighted by molar-refractivity contribution is 5.96. The first-order valence-electron chi connectivity index (χ1n) is 5.90. The van der Waals surface area contributed by atoms with Crippen LogP contribution >= 0.6 is 0 Å². The van der Waals surface area contributed by atoms with Crippen LogP contribution in [-0.2, 0) is 9.47 Å². The molecule has 1 heterocycles. The molecule has 0 aliphatic heterocycles. The number of fused-ring (bicyclic) bond motifs is 1. The maximum Gasteiger partial charge on any atom is 0.351 e. The van der Waals surface area contributed by atoms with Crippen molar-refractivity contribution < 1.29 is 23.5 Å². The van der Waals surface area contributed by atoms with Crippen LogP contribution in [0.1, 0.15) is 27.6 Å². The number of methoxy groups -OCH3 is 1. The van der Waals surface area contributed by atoms with Gasteiger partial charge in [0, 0.05) is 5.39 Å². The second-order valence-corrected chi connectivity index (χ2v) is 3.91. The van der Waals surface area contributed by atoms with E-state index in [0.29, 0.717) is 10.9 Å². The summed E-state index contributed by atoms with van der Waals surface area (Å²) < 4.78 is 14.4. The third-order valence-corrected chi connectivity index (χ3v) is 2.65. The topological polar surface area (TPSA) is 82.8 Å². The lowest BCUT2D eigenvalue weighted by Crippen LogP contribution is -2.15. The van der Waals surface area contributed by atoms with Crippen LogP contribution < -0.4 is 5.63 Å². The number of hydrogen-bond acceptors (Lipinski definition) is 6. The van der Waals surface area contributed by atoms with E-state index < -0.39 is 17.6 Å². The maximum absolute atomic E-state index is 11.6. The van der Waals surface area contributed by atoms with Crippen molar-refractivity contribution in [3.63, 3.8) is 0 Å². The lowest BCUT2D eigenvalue weighted by molar-refractivity contribution is 0.0525. The Labute approximate surface area is 113 Å². The van der Waals surface area contributed by atoms with E-state index in [2.05, 4.69) is 4.74 Å². The van der Waals surface area contributed by atoms with E-state index in [4.69, 9.17) is 9.15 Å². The van der Waals surface area contributed by atoms with Crippen LogP contribution in [0.4, 0.5) is 0 Å². The summed E-state index contributed by atoms with van der Waals surface area (Å²) in [5.41, 5.74) is -0.422. The fourth-order valence-corrected chi connectivity index (χ4v) is 1.72. The molecule has 0 fully saturated rings. The van der Waals surface area contributed by atoms with Gasteiger partial charge in [-0.2, -0.15) is 0 Å². The average Bonchev–Trinajstić information content (AvgIpc) is 2.45. The maximum atomic E-state index is 11.6. The molecule has 0 atom stereocenters. The molecule has 0 bridgehead atoms. The molecule has 6 nitrogen and oxygen atoms in total. The standard InChI is InChI=1S/C14H12O6/c1-3-19-12(15)8-4-5-11-9(6-8)7-10(13(16)18-2)14(17)20-11/h4-7H,3H2,1-2H3.